The van der Waals surface area contributed by atoms with Crippen molar-refractivity contribution in [2.24, 2.45) is 0 Å². The van der Waals surface area contributed by atoms with Crippen molar-refractivity contribution < 1.29 is 9.13 Å². The highest BCUT2D eigenvalue weighted by Gasteiger charge is 2.03. The lowest BCUT2D eigenvalue weighted by Gasteiger charge is -2.03. The van der Waals surface area contributed by atoms with E-state index in [0.717, 1.165) is 24.4 Å². The summed E-state index contributed by atoms with van der Waals surface area (Å²) in [5.41, 5.74) is 3.49. The van der Waals surface area contributed by atoms with E-state index in [9.17, 15) is 4.39 Å². The van der Waals surface area contributed by atoms with Crippen LogP contribution in [0.25, 0.3) is 11.1 Å². The van der Waals surface area contributed by atoms with Gasteiger partial charge in [0.2, 0.25) is 0 Å². The first-order valence-electron chi connectivity index (χ1n) is 7.41. The molecule has 3 aromatic rings. The van der Waals surface area contributed by atoms with Gasteiger partial charge >= 0.3 is 0 Å². The number of halogens is 1. The van der Waals surface area contributed by atoms with Crippen molar-refractivity contribution in [3.63, 3.8) is 0 Å². The van der Waals surface area contributed by atoms with E-state index in [0.29, 0.717) is 0 Å². The number of methoxy groups -OCH3 is 1. The van der Waals surface area contributed by atoms with E-state index in [1.54, 1.807) is 30.6 Å². The highest BCUT2D eigenvalue weighted by Crippen LogP contribution is 2.27. The van der Waals surface area contributed by atoms with Crippen molar-refractivity contribution >= 4 is 11.3 Å². The number of thiophene rings is 1. The first kappa shape index (κ1) is 15.7. The summed E-state index contributed by atoms with van der Waals surface area (Å²) >= 11 is 1.74. The zero-order valence-electron chi connectivity index (χ0n) is 12.9. The molecule has 1 N–H and O–H groups in total. The lowest BCUT2D eigenvalue weighted by molar-refractivity contribution is 0.415. The van der Waals surface area contributed by atoms with Crippen molar-refractivity contribution in [2.45, 2.75) is 13.1 Å². The molecule has 0 radical (unpaired) electrons. The standard InChI is InChI=1S/C19H18FNOS/c1-22-18-8-4-15(5-9-18)16-10-19(23-13-16)12-21-11-14-2-6-17(20)7-3-14/h2-10,13,21H,11-12H2,1H3. The Morgan fingerprint density at radius 3 is 2.39 bits per heavy atom. The van der Waals surface area contributed by atoms with E-state index in [1.807, 2.05) is 12.1 Å². The monoisotopic (exact) mass is 327 g/mol. The van der Waals surface area contributed by atoms with Crippen LogP contribution in [0.4, 0.5) is 4.39 Å². The van der Waals surface area contributed by atoms with E-state index < -0.39 is 0 Å². The summed E-state index contributed by atoms with van der Waals surface area (Å²) in [6.07, 6.45) is 0. The summed E-state index contributed by atoms with van der Waals surface area (Å²) in [4.78, 5) is 1.28. The number of benzene rings is 2. The Balaban J connectivity index is 1.57. The molecule has 2 aromatic carbocycles. The van der Waals surface area contributed by atoms with Crippen LogP contribution < -0.4 is 10.1 Å². The molecule has 4 heteroatoms. The van der Waals surface area contributed by atoms with Crippen LogP contribution >= 0.6 is 11.3 Å². The summed E-state index contributed by atoms with van der Waals surface area (Å²) < 4.78 is 18.0. The van der Waals surface area contributed by atoms with Gasteiger partial charge in [-0.1, -0.05) is 24.3 Å². The van der Waals surface area contributed by atoms with Gasteiger partial charge in [0.05, 0.1) is 7.11 Å². The molecule has 0 amide bonds. The largest absolute Gasteiger partial charge is 0.497 e. The van der Waals surface area contributed by atoms with E-state index in [1.165, 1.54) is 28.1 Å². The third kappa shape index (κ3) is 4.18. The van der Waals surface area contributed by atoms with E-state index in [4.69, 9.17) is 4.74 Å². The van der Waals surface area contributed by atoms with E-state index in [2.05, 4.69) is 28.9 Å². The van der Waals surface area contributed by atoms with Crippen LogP contribution in [0.15, 0.2) is 60.0 Å². The first-order valence-corrected chi connectivity index (χ1v) is 8.29. The maximum absolute atomic E-state index is 12.9. The number of ether oxygens (including phenoxy) is 1. The van der Waals surface area contributed by atoms with Gasteiger partial charge in [-0.25, -0.2) is 4.39 Å². The van der Waals surface area contributed by atoms with Gasteiger partial charge in [-0.05, 0) is 52.4 Å². The van der Waals surface area contributed by atoms with Crippen molar-refractivity contribution in [1.29, 1.82) is 0 Å². The molecule has 0 aliphatic carbocycles. The van der Waals surface area contributed by atoms with Gasteiger partial charge < -0.3 is 10.1 Å². The van der Waals surface area contributed by atoms with Crippen LogP contribution in [0.5, 0.6) is 5.75 Å². The molecule has 1 aromatic heterocycles. The molecule has 3 rings (SSSR count). The average molecular weight is 327 g/mol. The van der Waals surface area contributed by atoms with Gasteiger partial charge in [-0.3, -0.25) is 0 Å². The maximum Gasteiger partial charge on any atom is 0.123 e. The third-order valence-corrected chi connectivity index (χ3v) is 4.56. The number of rotatable bonds is 6. The Morgan fingerprint density at radius 2 is 1.70 bits per heavy atom. The van der Waals surface area contributed by atoms with Gasteiger partial charge in [-0.2, -0.15) is 0 Å². The van der Waals surface area contributed by atoms with E-state index >= 15 is 0 Å². The minimum Gasteiger partial charge on any atom is -0.497 e. The van der Waals surface area contributed by atoms with Gasteiger partial charge in [0.15, 0.2) is 0 Å². The average Bonchev–Trinajstić information content (AvgIpc) is 3.06. The second-order valence-corrected chi connectivity index (χ2v) is 6.26. The van der Waals surface area contributed by atoms with Crippen LogP contribution in [0.1, 0.15) is 10.4 Å². The fourth-order valence-corrected chi connectivity index (χ4v) is 3.20. The topological polar surface area (TPSA) is 21.3 Å². The Morgan fingerprint density at radius 1 is 0.957 bits per heavy atom. The molecule has 0 unspecified atom stereocenters. The SMILES string of the molecule is COc1ccc(-c2csc(CNCc3ccc(F)cc3)c2)cc1. The second-order valence-electron chi connectivity index (χ2n) is 5.26. The first-order chi connectivity index (χ1) is 11.2. The fourth-order valence-electron chi connectivity index (χ4n) is 2.34. The highest BCUT2D eigenvalue weighted by atomic mass is 32.1. The van der Waals surface area contributed by atoms with Crippen LogP contribution in [0.2, 0.25) is 0 Å². The lowest BCUT2D eigenvalue weighted by atomic mass is 10.1. The molecule has 118 valence electrons. The summed E-state index contributed by atoms with van der Waals surface area (Å²) in [5, 5.41) is 5.55. The van der Waals surface area contributed by atoms with Crippen LogP contribution in [-0.4, -0.2) is 7.11 Å². The summed E-state index contributed by atoms with van der Waals surface area (Å²) in [6, 6.07) is 16.9. The van der Waals surface area contributed by atoms with Crippen LogP contribution in [-0.2, 0) is 13.1 Å². The number of hydrogen-bond acceptors (Lipinski definition) is 3. The molecule has 2 nitrogen and oxygen atoms in total. The zero-order chi connectivity index (χ0) is 16.1. The molecule has 0 spiro atoms. The molecule has 23 heavy (non-hydrogen) atoms. The van der Waals surface area contributed by atoms with Gasteiger partial charge in [-0.15, -0.1) is 11.3 Å². The lowest BCUT2D eigenvalue weighted by Crippen LogP contribution is -2.11. The molecule has 0 aliphatic rings. The molecule has 0 saturated heterocycles. The van der Waals surface area contributed by atoms with Gasteiger partial charge in [0.25, 0.3) is 0 Å². The minimum absolute atomic E-state index is 0.198. The summed E-state index contributed by atoms with van der Waals surface area (Å²) in [6.45, 7) is 1.54. The second kappa shape index (κ2) is 7.40. The molecule has 0 bridgehead atoms. The highest BCUT2D eigenvalue weighted by molar-refractivity contribution is 7.10. The van der Waals surface area contributed by atoms with Crippen LogP contribution in [0.3, 0.4) is 0 Å². The maximum atomic E-state index is 12.9. The Labute approximate surface area is 139 Å². The van der Waals surface area contributed by atoms with E-state index in [-0.39, 0.29) is 5.82 Å². The molecule has 0 aliphatic heterocycles. The van der Waals surface area contributed by atoms with Crippen molar-refractivity contribution in [2.75, 3.05) is 7.11 Å². The fraction of sp³-hybridized carbons (Fsp3) is 0.158. The Hall–Kier alpha value is -2.17. The van der Waals surface area contributed by atoms with Gasteiger partial charge in [0.1, 0.15) is 11.6 Å². The molecule has 0 saturated carbocycles. The molecular formula is C19H18FNOS. The van der Waals surface area contributed by atoms with Crippen molar-refractivity contribution in [3.05, 3.63) is 76.2 Å². The zero-order valence-corrected chi connectivity index (χ0v) is 13.7. The predicted molar refractivity (Wildman–Crippen MR) is 93.3 cm³/mol. The molecule has 0 fully saturated rings. The van der Waals surface area contributed by atoms with Crippen molar-refractivity contribution in [1.82, 2.24) is 5.32 Å². The van der Waals surface area contributed by atoms with Gasteiger partial charge in [0, 0.05) is 18.0 Å². The Kier molecular flexibility index (Phi) is 5.05. The number of hydrogen-bond donors (Lipinski definition) is 1. The van der Waals surface area contributed by atoms with Crippen molar-refractivity contribution in [3.8, 4) is 16.9 Å². The predicted octanol–water partition coefficient (Wildman–Crippen LogP) is 4.85. The summed E-state index contributed by atoms with van der Waals surface area (Å²) in [7, 11) is 1.67. The third-order valence-electron chi connectivity index (χ3n) is 3.62. The normalized spacial score (nSPS) is 10.7. The summed E-state index contributed by atoms with van der Waals surface area (Å²) in [5.74, 6) is 0.668. The molecule has 1 heterocycles. The minimum atomic E-state index is -0.198. The molecule has 0 atom stereocenters. The smallest absolute Gasteiger partial charge is 0.123 e. The quantitative estimate of drug-likeness (QED) is 0.698. The molecular weight excluding hydrogens is 309 g/mol. The number of nitrogens with one attached hydrogen (secondary N) is 1. The Bertz CT molecular complexity index is 750. The van der Waals surface area contributed by atoms with Crippen LogP contribution in [0, 0.1) is 5.82 Å².